The Bertz CT molecular complexity index is 514. The van der Waals surface area contributed by atoms with Crippen molar-refractivity contribution in [2.75, 3.05) is 10.7 Å². The van der Waals surface area contributed by atoms with Crippen molar-refractivity contribution in [2.45, 2.75) is 33.7 Å². The Hall–Kier alpha value is -1.96. The molecule has 4 N–H and O–H groups in total. The van der Waals surface area contributed by atoms with Crippen LogP contribution in [0.25, 0.3) is 0 Å². The van der Waals surface area contributed by atoms with Crippen molar-refractivity contribution >= 4 is 17.3 Å². The molecule has 8 heteroatoms. The highest BCUT2D eigenvalue weighted by atomic mass is 16.6. The number of nitro groups is 1. The first-order valence-electron chi connectivity index (χ1n) is 5.96. The summed E-state index contributed by atoms with van der Waals surface area (Å²) in [4.78, 5) is 18.3. The molecule has 2 rings (SSSR count). The van der Waals surface area contributed by atoms with Crippen LogP contribution in [0.5, 0.6) is 0 Å². The van der Waals surface area contributed by atoms with Gasteiger partial charge in [0.15, 0.2) is 0 Å². The summed E-state index contributed by atoms with van der Waals surface area (Å²) in [6, 6.07) is 0.110. The van der Waals surface area contributed by atoms with E-state index in [4.69, 9.17) is 5.84 Å². The number of hydrogen-bond acceptors (Lipinski definition) is 7. The molecule has 8 nitrogen and oxygen atoms in total. The lowest BCUT2D eigenvalue weighted by atomic mass is 10.0. The van der Waals surface area contributed by atoms with Gasteiger partial charge in [-0.15, -0.1) is 0 Å². The molecule has 0 amide bonds. The van der Waals surface area contributed by atoms with Gasteiger partial charge in [0.2, 0.25) is 11.6 Å². The Balaban J connectivity index is 2.35. The maximum atomic E-state index is 11.1. The van der Waals surface area contributed by atoms with Gasteiger partial charge in [-0.3, -0.25) is 10.1 Å². The second-order valence-electron chi connectivity index (χ2n) is 5.84. The number of aromatic nitrogens is 2. The fourth-order valence-electron chi connectivity index (χ4n) is 2.46. The van der Waals surface area contributed by atoms with E-state index < -0.39 is 4.92 Å². The molecule has 1 heterocycles. The minimum atomic E-state index is -0.542. The Kier molecular flexibility index (Phi) is 2.85. The molecule has 0 bridgehead atoms. The summed E-state index contributed by atoms with van der Waals surface area (Å²) in [6.07, 6.45) is 1.24. The molecule has 0 saturated heterocycles. The van der Waals surface area contributed by atoms with E-state index >= 15 is 0 Å². The summed E-state index contributed by atoms with van der Waals surface area (Å²) >= 11 is 0. The zero-order valence-corrected chi connectivity index (χ0v) is 11.4. The molecule has 1 aliphatic rings. The summed E-state index contributed by atoms with van der Waals surface area (Å²) in [7, 11) is 0. The molecular formula is C11H18N6O2. The van der Waals surface area contributed by atoms with Gasteiger partial charge in [0.25, 0.3) is 0 Å². The van der Waals surface area contributed by atoms with Gasteiger partial charge in [-0.05, 0) is 10.8 Å². The van der Waals surface area contributed by atoms with E-state index in [1.54, 1.807) is 0 Å². The number of nitrogens with zero attached hydrogens (tertiary/aromatic N) is 3. The fraction of sp³-hybridized carbons (Fsp3) is 0.636. The zero-order chi connectivity index (χ0) is 14.4. The standard InChI is InChI=1S/C11H18N6O2/c1-10(2)9(11(10,3)4)15-7-6(17(18)19)8(16-12)14-5-13-7/h5,9H,12H2,1-4H3,(H2,13,14,15,16). The lowest BCUT2D eigenvalue weighted by Crippen LogP contribution is -2.16. The van der Waals surface area contributed by atoms with Gasteiger partial charge in [0.05, 0.1) is 4.92 Å². The Labute approximate surface area is 110 Å². The van der Waals surface area contributed by atoms with Crippen LogP contribution < -0.4 is 16.6 Å². The molecule has 1 saturated carbocycles. The molecule has 0 atom stereocenters. The predicted octanol–water partition coefficient (Wildman–Crippen LogP) is 1.52. The van der Waals surface area contributed by atoms with Crippen molar-refractivity contribution in [3.63, 3.8) is 0 Å². The predicted molar refractivity (Wildman–Crippen MR) is 71.5 cm³/mol. The van der Waals surface area contributed by atoms with E-state index in [0.717, 1.165) is 0 Å². The number of nitrogens with two attached hydrogens (primary N) is 1. The second-order valence-corrected chi connectivity index (χ2v) is 5.84. The Morgan fingerprint density at radius 1 is 1.26 bits per heavy atom. The van der Waals surface area contributed by atoms with Crippen LogP contribution in [-0.2, 0) is 0 Å². The minimum Gasteiger partial charge on any atom is -0.360 e. The fourth-order valence-corrected chi connectivity index (χ4v) is 2.46. The van der Waals surface area contributed by atoms with E-state index in [1.807, 2.05) is 0 Å². The van der Waals surface area contributed by atoms with E-state index in [1.165, 1.54) is 6.33 Å². The highest BCUT2D eigenvalue weighted by Crippen LogP contribution is 2.63. The number of hydrazine groups is 1. The average Bonchev–Trinajstić information content (AvgIpc) is 2.71. The Morgan fingerprint density at radius 2 is 1.79 bits per heavy atom. The molecule has 0 aromatic carbocycles. The average molecular weight is 266 g/mol. The van der Waals surface area contributed by atoms with Crippen molar-refractivity contribution in [1.29, 1.82) is 0 Å². The van der Waals surface area contributed by atoms with Crippen molar-refractivity contribution in [3.8, 4) is 0 Å². The van der Waals surface area contributed by atoms with Crippen molar-refractivity contribution in [2.24, 2.45) is 16.7 Å². The topological polar surface area (TPSA) is 119 Å². The largest absolute Gasteiger partial charge is 0.360 e. The van der Waals surface area contributed by atoms with E-state index in [2.05, 4.69) is 48.4 Å². The van der Waals surface area contributed by atoms with Crippen LogP contribution >= 0.6 is 0 Å². The van der Waals surface area contributed by atoms with Crippen molar-refractivity contribution < 1.29 is 4.92 Å². The SMILES string of the molecule is CC1(C)C(Nc2ncnc(NN)c2[N+](=O)[O-])C1(C)C. The number of nitrogens with one attached hydrogen (secondary N) is 2. The lowest BCUT2D eigenvalue weighted by Gasteiger charge is -2.09. The summed E-state index contributed by atoms with van der Waals surface area (Å²) in [5.41, 5.74) is 2.07. The van der Waals surface area contributed by atoms with Gasteiger partial charge in [-0.25, -0.2) is 15.8 Å². The van der Waals surface area contributed by atoms with Crippen LogP contribution in [0.2, 0.25) is 0 Å². The maximum absolute atomic E-state index is 11.1. The molecular weight excluding hydrogens is 248 g/mol. The summed E-state index contributed by atoms with van der Waals surface area (Å²) in [5.74, 6) is 5.43. The molecule has 0 radical (unpaired) electrons. The number of rotatable bonds is 4. The normalized spacial score (nSPS) is 19.8. The summed E-state index contributed by atoms with van der Waals surface area (Å²) in [6.45, 7) is 8.44. The lowest BCUT2D eigenvalue weighted by molar-refractivity contribution is -0.383. The third-order valence-corrected chi connectivity index (χ3v) is 4.44. The zero-order valence-electron chi connectivity index (χ0n) is 11.4. The van der Waals surface area contributed by atoms with Gasteiger partial charge in [-0.1, -0.05) is 27.7 Å². The van der Waals surface area contributed by atoms with E-state index in [-0.39, 0.29) is 34.2 Å². The van der Waals surface area contributed by atoms with Crippen LogP contribution in [0.4, 0.5) is 17.3 Å². The van der Waals surface area contributed by atoms with Gasteiger partial charge < -0.3 is 10.7 Å². The summed E-state index contributed by atoms with van der Waals surface area (Å²) in [5, 5.41) is 14.2. The highest BCUT2D eigenvalue weighted by molar-refractivity contribution is 5.69. The highest BCUT2D eigenvalue weighted by Gasteiger charge is 2.65. The third-order valence-electron chi connectivity index (χ3n) is 4.44. The van der Waals surface area contributed by atoms with Crippen molar-refractivity contribution in [3.05, 3.63) is 16.4 Å². The minimum absolute atomic E-state index is 0.00115. The first-order chi connectivity index (χ1) is 8.73. The molecule has 1 aromatic rings. The molecule has 19 heavy (non-hydrogen) atoms. The van der Waals surface area contributed by atoms with Crippen molar-refractivity contribution in [1.82, 2.24) is 9.97 Å². The van der Waals surface area contributed by atoms with E-state index in [0.29, 0.717) is 0 Å². The monoisotopic (exact) mass is 266 g/mol. The van der Waals surface area contributed by atoms with Crippen LogP contribution in [0.3, 0.4) is 0 Å². The first-order valence-corrected chi connectivity index (χ1v) is 5.96. The smallest absolute Gasteiger partial charge is 0.354 e. The summed E-state index contributed by atoms with van der Waals surface area (Å²) < 4.78 is 0. The van der Waals surface area contributed by atoms with Gasteiger partial charge >= 0.3 is 5.69 Å². The molecule has 1 fully saturated rings. The van der Waals surface area contributed by atoms with Gasteiger partial charge in [-0.2, -0.15) is 0 Å². The molecule has 0 spiro atoms. The first kappa shape index (κ1) is 13.5. The molecule has 1 aromatic heterocycles. The number of nitrogen functional groups attached to an aromatic ring is 1. The molecule has 104 valence electrons. The third kappa shape index (κ3) is 1.88. The molecule has 0 unspecified atom stereocenters. The van der Waals surface area contributed by atoms with E-state index in [9.17, 15) is 10.1 Å². The van der Waals surface area contributed by atoms with Crippen LogP contribution in [0.1, 0.15) is 27.7 Å². The molecule has 1 aliphatic carbocycles. The quantitative estimate of drug-likeness (QED) is 0.429. The van der Waals surface area contributed by atoms with Crippen LogP contribution in [0, 0.1) is 20.9 Å². The van der Waals surface area contributed by atoms with Gasteiger partial charge in [0, 0.05) is 6.04 Å². The van der Waals surface area contributed by atoms with Crippen LogP contribution in [0.15, 0.2) is 6.33 Å². The maximum Gasteiger partial charge on any atom is 0.354 e. The number of anilines is 2. The number of hydrogen-bond donors (Lipinski definition) is 3. The van der Waals surface area contributed by atoms with Crippen LogP contribution in [-0.4, -0.2) is 20.9 Å². The second kappa shape index (κ2) is 4.02. The van der Waals surface area contributed by atoms with Gasteiger partial charge in [0.1, 0.15) is 6.33 Å². The Morgan fingerprint density at radius 3 is 2.21 bits per heavy atom. The molecule has 0 aliphatic heterocycles.